The third-order valence-corrected chi connectivity index (χ3v) is 10.8. The fraction of sp³-hybridized carbons (Fsp3) is 0. The van der Waals surface area contributed by atoms with Gasteiger partial charge in [-0.3, -0.25) is 0 Å². The standard InChI is InChI=1S/C48H28/c1-3-17-32-29(11-1)13-7-21-34(32)40-25-45-42(37-20-6-5-19-36(37)40)26-41(35-22-8-14-30-12-2-4-18-33(30)35)46-27-43-38-23-9-15-31-16-10-24-39(48(31)38)44(43)28-47(45)46/h1-28H. The van der Waals surface area contributed by atoms with Crippen molar-refractivity contribution in [3.8, 4) is 44.5 Å². The van der Waals surface area contributed by atoms with Crippen molar-refractivity contribution < 1.29 is 0 Å². The van der Waals surface area contributed by atoms with E-state index in [4.69, 9.17) is 0 Å². The molecule has 0 bridgehead atoms. The van der Waals surface area contributed by atoms with Crippen LogP contribution in [0.5, 0.6) is 0 Å². The number of hydrogen-bond donors (Lipinski definition) is 0. The first-order chi connectivity index (χ1) is 23.8. The molecule has 10 aromatic rings. The smallest absolute Gasteiger partial charge is 0.00264 e. The zero-order valence-electron chi connectivity index (χ0n) is 26.2. The molecule has 1 aliphatic carbocycles. The lowest BCUT2D eigenvalue weighted by atomic mass is 9.84. The molecule has 0 saturated carbocycles. The molecule has 0 aliphatic heterocycles. The predicted molar refractivity (Wildman–Crippen MR) is 207 cm³/mol. The number of benzene rings is 10. The first-order valence-electron chi connectivity index (χ1n) is 16.8. The molecule has 0 heterocycles. The lowest BCUT2D eigenvalue weighted by Crippen LogP contribution is -1.91. The molecule has 0 amide bonds. The third-order valence-electron chi connectivity index (χ3n) is 10.8. The van der Waals surface area contributed by atoms with Gasteiger partial charge in [0.05, 0.1) is 0 Å². The molecule has 0 heteroatoms. The van der Waals surface area contributed by atoms with E-state index in [0.29, 0.717) is 0 Å². The Labute approximate surface area is 278 Å². The highest BCUT2D eigenvalue weighted by Gasteiger charge is 2.24. The topological polar surface area (TPSA) is 0 Å². The molecule has 0 fully saturated rings. The predicted octanol–water partition coefficient (Wildman–Crippen LogP) is 13.6. The summed E-state index contributed by atoms with van der Waals surface area (Å²) in [6, 6.07) is 63.4. The SMILES string of the molecule is c1ccc2c(-c3cc4c5cc6c(cc5c(-c5cccc7ccccc57)cc4c4ccccc34)-c3cccc4cccc-6c34)cccc2c1. The van der Waals surface area contributed by atoms with Gasteiger partial charge < -0.3 is 0 Å². The number of rotatable bonds is 2. The Morgan fingerprint density at radius 2 is 0.562 bits per heavy atom. The second-order valence-corrected chi connectivity index (χ2v) is 13.2. The maximum absolute atomic E-state index is 2.50. The third kappa shape index (κ3) is 3.49. The number of hydrogen-bond acceptors (Lipinski definition) is 0. The maximum Gasteiger partial charge on any atom is -0.00264 e. The van der Waals surface area contributed by atoms with Crippen LogP contribution in [-0.2, 0) is 0 Å². The molecule has 0 N–H and O–H groups in total. The summed E-state index contributed by atoms with van der Waals surface area (Å²) in [5.41, 5.74) is 10.4. The van der Waals surface area contributed by atoms with Crippen molar-refractivity contribution in [2.45, 2.75) is 0 Å². The maximum atomic E-state index is 2.50. The Morgan fingerprint density at radius 3 is 1.17 bits per heavy atom. The molecule has 0 radical (unpaired) electrons. The summed E-state index contributed by atoms with van der Waals surface area (Å²) < 4.78 is 0. The normalized spacial score (nSPS) is 12.2. The van der Waals surface area contributed by atoms with Gasteiger partial charge in [-0.2, -0.15) is 0 Å². The van der Waals surface area contributed by atoms with Crippen LogP contribution in [0.25, 0.3) is 109 Å². The molecular weight excluding hydrogens is 577 g/mol. The van der Waals surface area contributed by atoms with Gasteiger partial charge in [-0.25, -0.2) is 0 Å². The molecule has 1 aliphatic rings. The molecule has 0 aromatic heterocycles. The summed E-state index contributed by atoms with van der Waals surface area (Å²) in [7, 11) is 0. The van der Waals surface area contributed by atoms with Crippen molar-refractivity contribution in [2.24, 2.45) is 0 Å². The molecule has 0 atom stereocenters. The summed E-state index contributed by atoms with van der Waals surface area (Å²) in [5.74, 6) is 0. The van der Waals surface area contributed by atoms with E-state index in [1.165, 1.54) is 109 Å². The van der Waals surface area contributed by atoms with Crippen LogP contribution in [0.1, 0.15) is 0 Å². The summed E-state index contributed by atoms with van der Waals surface area (Å²) in [4.78, 5) is 0. The molecule has 0 unspecified atom stereocenters. The van der Waals surface area contributed by atoms with E-state index in [1.54, 1.807) is 0 Å². The first kappa shape index (κ1) is 25.9. The molecule has 0 saturated heterocycles. The Hall–Kier alpha value is -6.24. The van der Waals surface area contributed by atoms with Crippen LogP contribution in [0.3, 0.4) is 0 Å². The Balaban J connectivity index is 1.34. The van der Waals surface area contributed by atoms with Crippen LogP contribution in [0.15, 0.2) is 170 Å². The minimum atomic E-state index is 1.26. The van der Waals surface area contributed by atoms with Crippen LogP contribution in [0.4, 0.5) is 0 Å². The Morgan fingerprint density at radius 1 is 0.188 bits per heavy atom. The second-order valence-electron chi connectivity index (χ2n) is 13.2. The van der Waals surface area contributed by atoms with Gasteiger partial charge in [0.2, 0.25) is 0 Å². The zero-order valence-corrected chi connectivity index (χ0v) is 26.2. The van der Waals surface area contributed by atoms with E-state index < -0.39 is 0 Å². The van der Waals surface area contributed by atoms with Gasteiger partial charge in [0.1, 0.15) is 0 Å². The minimum absolute atomic E-state index is 1.26. The van der Waals surface area contributed by atoms with Crippen molar-refractivity contribution in [1.82, 2.24) is 0 Å². The van der Waals surface area contributed by atoms with Crippen LogP contribution in [0, 0.1) is 0 Å². The van der Waals surface area contributed by atoms with Crippen molar-refractivity contribution in [2.75, 3.05) is 0 Å². The van der Waals surface area contributed by atoms with Crippen molar-refractivity contribution in [3.63, 3.8) is 0 Å². The highest BCUT2D eigenvalue weighted by atomic mass is 14.3. The van der Waals surface area contributed by atoms with Gasteiger partial charge in [0.15, 0.2) is 0 Å². The molecule has 11 rings (SSSR count). The molecule has 0 nitrogen and oxygen atoms in total. The minimum Gasteiger partial charge on any atom is -0.0616 e. The molecular formula is C48H28. The lowest BCUT2D eigenvalue weighted by Gasteiger charge is -2.19. The van der Waals surface area contributed by atoms with Gasteiger partial charge >= 0.3 is 0 Å². The molecule has 220 valence electrons. The summed E-state index contributed by atoms with van der Waals surface area (Å²) in [6.07, 6.45) is 0. The van der Waals surface area contributed by atoms with E-state index in [2.05, 4.69) is 170 Å². The van der Waals surface area contributed by atoms with Gasteiger partial charge in [-0.1, -0.05) is 146 Å². The van der Waals surface area contributed by atoms with Crippen LogP contribution >= 0.6 is 0 Å². The van der Waals surface area contributed by atoms with E-state index in [1.807, 2.05) is 0 Å². The van der Waals surface area contributed by atoms with Crippen LogP contribution < -0.4 is 0 Å². The highest BCUT2D eigenvalue weighted by Crippen LogP contribution is 2.52. The van der Waals surface area contributed by atoms with Gasteiger partial charge in [-0.15, -0.1) is 0 Å². The van der Waals surface area contributed by atoms with E-state index in [0.717, 1.165) is 0 Å². The highest BCUT2D eigenvalue weighted by molar-refractivity contribution is 6.28. The summed E-state index contributed by atoms with van der Waals surface area (Å²) in [6.45, 7) is 0. The fourth-order valence-electron chi connectivity index (χ4n) is 8.65. The van der Waals surface area contributed by atoms with Crippen LogP contribution in [-0.4, -0.2) is 0 Å². The van der Waals surface area contributed by atoms with Gasteiger partial charge in [0, 0.05) is 0 Å². The number of fused-ring (bicyclic) bond motifs is 10. The average molecular weight is 605 g/mol. The lowest BCUT2D eigenvalue weighted by molar-refractivity contribution is 1.69. The van der Waals surface area contributed by atoms with E-state index >= 15 is 0 Å². The zero-order chi connectivity index (χ0) is 31.3. The van der Waals surface area contributed by atoms with Crippen molar-refractivity contribution in [3.05, 3.63) is 170 Å². The molecule has 0 spiro atoms. The van der Waals surface area contributed by atoms with Gasteiger partial charge in [0.25, 0.3) is 0 Å². The monoisotopic (exact) mass is 604 g/mol. The Bertz CT molecular complexity index is 2980. The second kappa shape index (κ2) is 9.64. The fourth-order valence-corrected chi connectivity index (χ4v) is 8.65. The van der Waals surface area contributed by atoms with E-state index in [9.17, 15) is 0 Å². The molecule has 10 aromatic carbocycles. The summed E-state index contributed by atoms with van der Waals surface area (Å²) in [5, 5.41) is 15.5. The Kier molecular flexibility index (Phi) is 5.20. The molecule has 48 heavy (non-hydrogen) atoms. The average Bonchev–Trinajstić information content (AvgIpc) is 3.47. The summed E-state index contributed by atoms with van der Waals surface area (Å²) >= 11 is 0. The van der Waals surface area contributed by atoms with Gasteiger partial charge in [-0.05, 0) is 133 Å². The quantitative estimate of drug-likeness (QED) is 0.172. The first-order valence-corrected chi connectivity index (χ1v) is 16.8. The largest absolute Gasteiger partial charge is 0.0616 e. The van der Waals surface area contributed by atoms with Crippen LogP contribution in [0.2, 0.25) is 0 Å². The van der Waals surface area contributed by atoms with E-state index in [-0.39, 0.29) is 0 Å². The van der Waals surface area contributed by atoms with Crippen molar-refractivity contribution in [1.29, 1.82) is 0 Å². The van der Waals surface area contributed by atoms with Crippen molar-refractivity contribution >= 4 is 64.6 Å².